The normalized spacial score (nSPS) is 9.81. The Labute approximate surface area is 101 Å². The molecule has 1 N–H and O–H groups in total. The standard InChI is InChI=1S/C11H8BrN3O/c12-9-1-3-10(4-2-9)15-11(16)8-5-6-13-14-7-8/h1-7H,(H,15,16). The summed E-state index contributed by atoms with van der Waals surface area (Å²) in [4.78, 5) is 11.7. The maximum Gasteiger partial charge on any atom is 0.257 e. The number of anilines is 1. The molecule has 0 aliphatic heterocycles. The van der Waals surface area contributed by atoms with Crippen LogP contribution in [-0.2, 0) is 0 Å². The van der Waals surface area contributed by atoms with Gasteiger partial charge in [0.15, 0.2) is 0 Å². The summed E-state index contributed by atoms with van der Waals surface area (Å²) < 4.78 is 0.969. The molecule has 1 aromatic carbocycles. The monoisotopic (exact) mass is 277 g/mol. The molecule has 5 heteroatoms. The maximum absolute atomic E-state index is 11.7. The lowest BCUT2D eigenvalue weighted by Gasteiger charge is -2.04. The topological polar surface area (TPSA) is 54.9 Å². The van der Waals surface area contributed by atoms with Crippen LogP contribution in [0.5, 0.6) is 0 Å². The van der Waals surface area contributed by atoms with E-state index in [0.717, 1.165) is 10.2 Å². The Kier molecular flexibility index (Phi) is 3.26. The Morgan fingerprint density at radius 2 is 1.88 bits per heavy atom. The largest absolute Gasteiger partial charge is 0.322 e. The zero-order valence-corrected chi connectivity index (χ0v) is 9.81. The lowest BCUT2D eigenvalue weighted by molar-refractivity contribution is 0.102. The van der Waals surface area contributed by atoms with Crippen molar-refractivity contribution in [2.45, 2.75) is 0 Å². The number of hydrogen-bond acceptors (Lipinski definition) is 3. The Morgan fingerprint density at radius 1 is 1.12 bits per heavy atom. The van der Waals surface area contributed by atoms with Gasteiger partial charge in [0.2, 0.25) is 0 Å². The van der Waals surface area contributed by atoms with Crippen molar-refractivity contribution in [2.75, 3.05) is 5.32 Å². The first kappa shape index (κ1) is 10.8. The van der Waals surface area contributed by atoms with E-state index < -0.39 is 0 Å². The first-order chi connectivity index (χ1) is 7.75. The van der Waals surface area contributed by atoms with Gasteiger partial charge in [-0.2, -0.15) is 10.2 Å². The molecule has 80 valence electrons. The van der Waals surface area contributed by atoms with Gasteiger partial charge in [0, 0.05) is 10.2 Å². The van der Waals surface area contributed by atoms with Gasteiger partial charge in [-0.05, 0) is 30.3 Å². The smallest absolute Gasteiger partial charge is 0.257 e. The third kappa shape index (κ3) is 2.64. The van der Waals surface area contributed by atoms with Crippen LogP contribution in [0.2, 0.25) is 0 Å². The second kappa shape index (κ2) is 4.85. The molecule has 1 heterocycles. The van der Waals surface area contributed by atoms with E-state index >= 15 is 0 Å². The highest BCUT2D eigenvalue weighted by molar-refractivity contribution is 9.10. The molecule has 1 aromatic heterocycles. The molecule has 0 unspecified atom stereocenters. The van der Waals surface area contributed by atoms with Crippen LogP contribution in [0.3, 0.4) is 0 Å². The summed E-state index contributed by atoms with van der Waals surface area (Å²) in [5.74, 6) is -0.197. The van der Waals surface area contributed by atoms with Gasteiger partial charge in [-0.25, -0.2) is 0 Å². The number of hydrogen-bond donors (Lipinski definition) is 1. The summed E-state index contributed by atoms with van der Waals surface area (Å²) in [6.07, 6.45) is 2.91. The minimum absolute atomic E-state index is 0.197. The van der Waals surface area contributed by atoms with Gasteiger partial charge in [-0.15, -0.1) is 0 Å². The van der Waals surface area contributed by atoms with Gasteiger partial charge < -0.3 is 5.32 Å². The molecule has 2 aromatic rings. The number of amides is 1. The van der Waals surface area contributed by atoms with E-state index in [-0.39, 0.29) is 5.91 Å². The third-order valence-corrected chi connectivity index (χ3v) is 2.48. The minimum Gasteiger partial charge on any atom is -0.322 e. The molecular formula is C11H8BrN3O. The lowest BCUT2D eigenvalue weighted by atomic mass is 10.2. The summed E-state index contributed by atoms with van der Waals surface area (Å²) >= 11 is 3.33. The first-order valence-corrected chi connectivity index (χ1v) is 5.38. The summed E-state index contributed by atoms with van der Waals surface area (Å²) in [6.45, 7) is 0. The highest BCUT2D eigenvalue weighted by Gasteiger charge is 2.05. The van der Waals surface area contributed by atoms with E-state index in [1.54, 1.807) is 6.07 Å². The molecule has 2 rings (SSSR count). The molecule has 0 spiro atoms. The van der Waals surface area contributed by atoms with E-state index in [1.165, 1.54) is 12.4 Å². The van der Waals surface area contributed by atoms with Crippen molar-refractivity contribution >= 4 is 27.5 Å². The number of carbonyl (C=O) groups is 1. The highest BCUT2D eigenvalue weighted by atomic mass is 79.9. The van der Waals surface area contributed by atoms with Gasteiger partial charge in [-0.3, -0.25) is 4.79 Å². The summed E-state index contributed by atoms with van der Waals surface area (Å²) in [6, 6.07) is 8.97. The average Bonchev–Trinajstić information content (AvgIpc) is 2.33. The molecular weight excluding hydrogens is 270 g/mol. The quantitative estimate of drug-likeness (QED) is 0.918. The number of nitrogens with zero attached hydrogens (tertiary/aromatic N) is 2. The molecule has 0 radical (unpaired) electrons. The van der Waals surface area contributed by atoms with Gasteiger partial charge in [-0.1, -0.05) is 15.9 Å². The lowest BCUT2D eigenvalue weighted by Crippen LogP contribution is -2.12. The fourth-order valence-corrected chi connectivity index (χ4v) is 1.43. The predicted octanol–water partition coefficient (Wildman–Crippen LogP) is 2.49. The number of aromatic nitrogens is 2. The summed E-state index contributed by atoms with van der Waals surface area (Å²) in [7, 11) is 0. The van der Waals surface area contributed by atoms with Crippen LogP contribution in [0, 0.1) is 0 Å². The maximum atomic E-state index is 11.7. The number of benzene rings is 1. The number of nitrogens with one attached hydrogen (secondary N) is 1. The molecule has 1 amide bonds. The highest BCUT2D eigenvalue weighted by Crippen LogP contribution is 2.14. The van der Waals surface area contributed by atoms with Crippen molar-refractivity contribution in [1.82, 2.24) is 10.2 Å². The van der Waals surface area contributed by atoms with Crippen LogP contribution in [-0.4, -0.2) is 16.1 Å². The second-order valence-electron chi connectivity index (χ2n) is 3.09. The van der Waals surface area contributed by atoms with Crippen molar-refractivity contribution in [1.29, 1.82) is 0 Å². The molecule has 0 saturated carbocycles. The van der Waals surface area contributed by atoms with Crippen molar-refractivity contribution < 1.29 is 4.79 Å². The number of halogens is 1. The molecule has 0 saturated heterocycles. The van der Waals surface area contributed by atoms with E-state index in [1.807, 2.05) is 24.3 Å². The van der Waals surface area contributed by atoms with Crippen LogP contribution >= 0.6 is 15.9 Å². The van der Waals surface area contributed by atoms with E-state index in [0.29, 0.717) is 5.56 Å². The molecule has 16 heavy (non-hydrogen) atoms. The SMILES string of the molecule is O=C(Nc1ccc(Br)cc1)c1ccnnc1. The van der Waals surface area contributed by atoms with Gasteiger partial charge >= 0.3 is 0 Å². The fraction of sp³-hybridized carbons (Fsp3) is 0. The van der Waals surface area contributed by atoms with Gasteiger partial charge in [0.25, 0.3) is 5.91 Å². The number of carbonyl (C=O) groups excluding carboxylic acids is 1. The Bertz CT molecular complexity index is 484. The van der Waals surface area contributed by atoms with Crippen molar-refractivity contribution in [3.8, 4) is 0 Å². The molecule has 0 aliphatic carbocycles. The van der Waals surface area contributed by atoms with E-state index in [2.05, 4.69) is 31.4 Å². The third-order valence-electron chi connectivity index (χ3n) is 1.95. The van der Waals surface area contributed by atoms with Crippen LogP contribution in [0.1, 0.15) is 10.4 Å². The fourth-order valence-electron chi connectivity index (χ4n) is 1.16. The van der Waals surface area contributed by atoms with Crippen LogP contribution in [0.25, 0.3) is 0 Å². The average molecular weight is 278 g/mol. The summed E-state index contributed by atoms with van der Waals surface area (Å²) in [5.41, 5.74) is 1.22. The van der Waals surface area contributed by atoms with Crippen LogP contribution in [0.4, 0.5) is 5.69 Å². The molecule has 0 fully saturated rings. The molecule has 4 nitrogen and oxygen atoms in total. The van der Waals surface area contributed by atoms with Gasteiger partial charge in [0.1, 0.15) is 0 Å². The molecule has 0 bridgehead atoms. The second-order valence-corrected chi connectivity index (χ2v) is 4.01. The van der Waals surface area contributed by atoms with Crippen LogP contribution in [0.15, 0.2) is 47.2 Å². The zero-order valence-electron chi connectivity index (χ0n) is 8.22. The van der Waals surface area contributed by atoms with Crippen LogP contribution < -0.4 is 5.32 Å². The van der Waals surface area contributed by atoms with Gasteiger partial charge in [0.05, 0.1) is 18.0 Å². The first-order valence-electron chi connectivity index (χ1n) is 4.59. The van der Waals surface area contributed by atoms with E-state index in [4.69, 9.17) is 0 Å². The van der Waals surface area contributed by atoms with Crippen molar-refractivity contribution in [2.24, 2.45) is 0 Å². The Hall–Kier alpha value is -1.75. The Balaban J connectivity index is 2.11. The summed E-state index contributed by atoms with van der Waals surface area (Å²) in [5, 5.41) is 10.0. The van der Waals surface area contributed by atoms with E-state index in [9.17, 15) is 4.79 Å². The number of rotatable bonds is 2. The zero-order chi connectivity index (χ0) is 11.4. The Morgan fingerprint density at radius 3 is 2.50 bits per heavy atom. The van der Waals surface area contributed by atoms with Crippen molar-refractivity contribution in [3.63, 3.8) is 0 Å². The minimum atomic E-state index is -0.197. The van der Waals surface area contributed by atoms with Crippen molar-refractivity contribution in [3.05, 3.63) is 52.8 Å². The predicted molar refractivity (Wildman–Crippen MR) is 64.1 cm³/mol. The molecule has 0 atom stereocenters. The molecule has 0 aliphatic rings.